The van der Waals surface area contributed by atoms with Gasteiger partial charge in [0.05, 0.1) is 6.10 Å². The fourth-order valence-corrected chi connectivity index (χ4v) is 2.36. The van der Waals surface area contributed by atoms with Gasteiger partial charge in [-0.3, -0.25) is 0 Å². The summed E-state index contributed by atoms with van der Waals surface area (Å²) in [6.07, 6.45) is 6.21. The minimum Gasteiger partial charge on any atom is -0.392 e. The third-order valence-corrected chi connectivity index (χ3v) is 3.78. The fraction of sp³-hybridized carbons (Fsp3) is 1.00. The number of hydrogen-bond donors (Lipinski definition) is 2. The molecule has 0 aromatic carbocycles. The molecule has 2 unspecified atom stereocenters. The fourth-order valence-electron chi connectivity index (χ4n) is 2.36. The van der Waals surface area contributed by atoms with Gasteiger partial charge in [-0.25, -0.2) is 0 Å². The Balaban J connectivity index is 2.03. The van der Waals surface area contributed by atoms with Crippen molar-refractivity contribution in [3.8, 4) is 0 Å². The van der Waals surface area contributed by atoms with Gasteiger partial charge in [0.2, 0.25) is 0 Å². The van der Waals surface area contributed by atoms with E-state index in [0.29, 0.717) is 6.04 Å². The summed E-state index contributed by atoms with van der Waals surface area (Å²) in [5, 5.41) is 13.2. The Hall–Kier alpha value is -0.120. The predicted molar refractivity (Wildman–Crippen MR) is 68.6 cm³/mol. The number of likely N-dealkylation sites (N-methyl/N-ethyl adjacent to an activating group) is 1. The molecule has 0 saturated heterocycles. The Morgan fingerprint density at radius 3 is 2.44 bits per heavy atom. The molecule has 0 radical (unpaired) electrons. The lowest BCUT2D eigenvalue weighted by Crippen LogP contribution is -2.38. The number of hydrogen-bond acceptors (Lipinski definition) is 3. The normalized spacial score (nSPS) is 21.6. The first-order valence-electron chi connectivity index (χ1n) is 6.64. The lowest BCUT2D eigenvalue weighted by molar-refractivity contribution is 0.138. The monoisotopic (exact) mass is 228 g/mol. The predicted octanol–water partition coefficient (Wildman–Crippen LogP) is 1.47. The van der Waals surface area contributed by atoms with Crippen LogP contribution < -0.4 is 5.32 Å². The van der Waals surface area contributed by atoms with Crippen LogP contribution in [-0.4, -0.2) is 49.3 Å². The highest BCUT2D eigenvalue weighted by Gasteiger charge is 2.18. The molecule has 3 heteroatoms. The molecule has 2 N–H and O–H groups in total. The van der Waals surface area contributed by atoms with E-state index >= 15 is 0 Å². The van der Waals surface area contributed by atoms with Crippen LogP contribution in [0.5, 0.6) is 0 Å². The maximum absolute atomic E-state index is 9.88. The van der Waals surface area contributed by atoms with Crippen molar-refractivity contribution in [2.45, 2.75) is 51.2 Å². The quantitative estimate of drug-likeness (QED) is 0.692. The van der Waals surface area contributed by atoms with Crippen molar-refractivity contribution in [2.75, 3.05) is 27.2 Å². The van der Waals surface area contributed by atoms with Gasteiger partial charge in [0.15, 0.2) is 0 Å². The summed E-state index contributed by atoms with van der Waals surface area (Å²) in [5.74, 6) is 0.781. The Kier molecular flexibility index (Phi) is 6.32. The van der Waals surface area contributed by atoms with E-state index in [0.717, 1.165) is 25.4 Å². The molecule has 0 bridgehead atoms. The summed E-state index contributed by atoms with van der Waals surface area (Å²) in [6.45, 7) is 3.89. The van der Waals surface area contributed by atoms with Gasteiger partial charge in [0.1, 0.15) is 0 Å². The molecule has 1 fully saturated rings. The minimum absolute atomic E-state index is 0.155. The second-order valence-corrected chi connectivity index (χ2v) is 5.51. The van der Waals surface area contributed by atoms with E-state index in [-0.39, 0.29) is 6.10 Å². The summed E-state index contributed by atoms with van der Waals surface area (Å²) in [4.78, 5) is 2.19. The van der Waals surface area contributed by atoms with Gasteiger partial charge in [-0.15, -0.1) is 0 Å². The van der Waals surface area contributed by atoms with Crippen molar-refractivity contribution in [1.82, 2.24) is 10.2 Å². The summed E-state index contributed by atoms with van der Waals surface area (Å²) in [7, 11) is 4.17. The standard InChI is InChI=1S/C13H28N2O/c1-11(15(2)3)9-14-10-13(16)8-12-6-4-5-7-12/h11-14,16H,4-10H2,1-3H3. The van der Waals surface area contributed by atoms with Crippen LogP contribution in [0, 0.1) is 5.92 Å². The Morgan fingerprint density at radius 2 is 1.88 bits per heavy atom. The van der Waals surface area contributed by atoms with Gasteiger partial charge in [-0.1, -0.05) is 25.7 Å². The van der Waals surface area contributed by atoms with Crippen molar-refractivity contribution in [2.24, 2.45) is 5.92 Å². The molecule has 0 spiro atoms. The lowest BCUT2D eigenvalue weighted by atomic mass is 10.00. The molecule has 0 aromatic heterocycles. The highest BCUT2D eigenvalue weighted by atomic mass is 16.3. The molecule has 16 heavy (non-hydrogen) atoms. The first-order chi connectivity index (χ1) is 7.59. The molecular formula is C13H28N2O. The van der Waals surface area contributed by atoms with Crippen molar-refractivity contribution in [3.63, 3.8) is 0 Å². The zero-order chi connectivity index (χ0) is 12.0. The van der Waals surface area contributed by atoms with Gasteiger partial charge in [-0.2, -0.15) is 0 Å². The van der Waals surface area contributed by atoms with Crippen LogP contribution in [0.1, 0.15) is 39.0 Å². The summed E-state index contributed by atoms with van der Waals surface area (Å²) in [6, 6.07) is 0.527. The number of rotatable bonds is 7. The van der Waals surface area contributed by atoms with E-state index in [4.69, 9.17) is 0 Å². The third-order valence-electron chi connectivity index (χ3n) is 3.78. The van der Waals surface area contributed by atoms with E-state index in [9.17, 15) is 5.11 Å². The second kappa shape index (κ2) is 7.25. The Labute approximate surface area is 100 Å². The zero-order valence-electron chi connectivity index (χ0n) is 11.1. The number of aliphatic hydroxyl groups is 1. The van der Waals surface area contributed by atoms with E-state index in [1.165, 1.54) is 25.7 Å². The molecule has 3 nitrogen and oxygen atoms in total. The molecule has 1 aliphatic rings. The molecule has 1 aliphatic carbocycles. The Morgan fingerprint density at radius 1 is 1.25 bits per heavy atom. The summed E-state index contributed by atoms with van der Waals surface area (Å²) >= 11 is 0. The van der Waals surface area contributed by atoms with Gasteiger partial charge >= 0.3 is 0 Å². The highest BCUT2D eigenvalue weighted by Crippen LogP contribution is 2.28. The largest absolute Gasteiger partial charge is 0.392 e. The van der Waals surface area contributed by atoms with E-state index in [1.54, 1.807) is 0 Å². The molecule has 96 valence electrons. The van der Waals surface area contributed by atoms with Gasteiger partial charge < -0.3 is 15.3 Å². The summed E-state index contributed by atoms with van der Waals surface area (Å²) in [5.41, 5.74) is 0. The lowest BCUT2D eigenvalue weighted by Gasteiger charge is -2.22. The maximum Gasteiger partial charge on any atom is 0.0667 e. The van der Waals surface area contributed by atoms with E-state index < -0.39 is 0 Å². The SMILES string of the molecule is CC(CNCC(O)CC1CCCC1)N(C)C. The van der Waals surface area contributed by atoms with Crippen molar-refractivity contribution >= 4 is 0 Å². The Bertz CT molecular complexity index is 179. The van der Waals surface area contributed by atoms with Crippen molar-refractivity contribution in [3.05, 3.63) is 0 Å². The first-order valence-corrected chi connectivity index (χ1v) is 6.64. The van der Waals surface area contributed by atoms with Crippen molar-refractivity contribution < 1.29 is 5.11 Å². The maximum atomic E-state index is 9.88. The number of nitrogens with zero attached hydrogens (tertiary/aromatic N) is 1. The molecule has 2 atom stereocenters. The molecule has 0 heterocycles. The molecule has 1 saturated carbocycles. The highest BCUT2D eigenvalue weighted by molar-refractivity contribution is 4.73. The van der Waals surface area contributed by atoms with Crippen LogP contribution in [0.4, 0.5) is 0 Å². The van der Waals surface area contributed by atoms with E-state index in [2.05, 4.69) is 31.2 Å². The summed E-state index contributed by atoms with van der Waals surface area (Å²) < 4.78 is 0. The zero-order valence-corrected chi connectivity index (χ0v) is 11.1. The molecule has 1 rings (SSSR count). The van der Waals surface area contributed by atoms with Gasteiger partial charge in [-0.05, 0) is 33.4 Å². The minimum atomic E-state index is -0.155. The molecule has 0 aromatic rings. The van der Waals surface area contributed by atoms with Gasteiger partial charge in [0, 0.05) is 19.1 Å². The van der Waals surface area contributed by atoms with Crippen LogP contribution in [0.25, 0.3) is 0 Å². The topological polar surface area (TPSA) is 35.5 Å². The number of nitrogens with one attached hydrogen (secondary N) is 1. The molecule has 0 aliphatic heterocycles. The van der Waals surface area contributed by atoms with Crippen LogP contribution >= 0.6 is 0 Å². The molecular weight excluding hydrogens is 200 g/mol. The van der Waals surface area contributed by atoms with E-state index in [1.807, 2.05) is 0 Å². The van der Waals surface area contributed by atoms with Crippen LogP contribution in [0.3, 0.4) is 0 Å². The third kappa shape index (κ3) is 5.28. The smallest absolute Gasteiger partial charge is 0.0667 e. The molecule has 0 amide bonds. The van der Waals surface area contributed by atoms with Crippen LogP contribution in [0.2, 0.25) is 0 Å². The average Bonchev–Trinajstić information content (AvgIpc) is 2.70. The van der Waals surface area contributed by atoms with Crippen molar-refractivity contribution in [1.29, 1.82) is 0 Å². The number of aliphatic hydroxyl groups excluding tert-OH is 1. The average molecular weight is 228 g/mol. The second-order valence-electron chi connectivity index (χ2n) is 5.51. The first kappa shape index (κ1) is 13.9. The van der Waals surface area contributed by atoms with Crippen LogP contribution in [-0.2, 0) is 0 Å². The van der Waals surface area contributed by atoms with Gasteiger partial charge in [0.25, 0.3) is 0 Å². The van der Waals surface area contributed by atoms with Crippen LogP contribution in [0.15, 0.2) is 0 Å².